The molecule has 2 saturated heterocycles. The first-order valence-corrected chi connectivity index (χ1v) is 12.6. The van der Waals surface area contributed by atoms with Crippen molar-refractivity contribution in [3.05, 3.63) is 35.9 Å². The van der Waals surface area contributed by atoms with Crippen LogP contribution in [0.25, 0.3) is 11.1 Å². The fourth-order valence-electron chi connectivity index (χ4n) is 4.72. The number of halogens is 3. The first-order chi connectivity index (χ1) is 17.6. The van der Waals surface area contributed by atoms with Gasteiger partial charge in [-0.05, 0) is 67.1 Å². The number of urea groups is 1. The number of hydrogen-bond donors (Lipinski definition) is 3. The number of carbonyl (C=O) groups is 1. The molecule has 0 radical (unpaired) electrons. The van der Waals surface area contributed by atoms with E-state index in [2.05, 4.69) is 15.5 Å². The van der Waals surface area contributed by atoms with Gasteiger partial charge in [-0.25, -0.2) is 9.78 Å². The van der Waals surface area contributed by atoms with E-state index in [0.29, 0.717) is 50.8 Å². The highest BCUT2D eigenvalue weighted by molar-refractivity contribution is 5.91. The maximum atomic E-state index is 12.8. The molecule has 2 amide bonds. The standard InChI is InChI=1S/C26H34F3N5O3/c1-17-3-4-21(31-25(36)34-6-5-19(15-34)14-26(27,28)29)13-22(17)20-11-23(30-18(2)16-35)32-24(12-20)33-7-9-37-10-8-33/h3-4,11-13,18-19,35H,5-10,14-16H2,1-2H3,(H,30,32)(H,31,36)/t18-,19?/m1/s1. The Morgan fingerprint density at radius 2 is 1.97 bits per heavy atom. The zero-order valence-electron chi connectivity index (χ0n) is 21.1. The van der Waals surface area contributed by atoms with Gasteiger partial charge >= 0.3 is 12.2 Å². The number of rotatable bonds is 7. The Labute approximate surface area is 214 Å². The highest BCUT2D eigenvalue weighted by Gasteiger charge is 2.36. The first-order valence-electron chi connectivity index (χ1n) is 12.6. The minimum absolute atomic E-state index is 0.0420. The summed E-state index contributed by atoms with van der Waals surface area (Å²) in [5.74, 6) is 0.846. The number of morpholine rings is 1. The molecule has 2 atom stereocenters. The molecule has 37 heavy (non-hydrogen) atoms. The molecule has 2 aromatic rings. The summed E-state index contributed by atoms with van der Waals surface area (Å²) >= 11 is 0. The van der Waals surface area contributed by atoms with Gasteiger partial charge in [0, 0.05) is 44.3 Å². The van der Waals surface area contributed by atoms with Gasteiger partial charge < -0.3 is 30.3 Å². The third-order valence-electron chi connectivity index (χ3n) is 6.71. The molecule has 1 unspecified atom stereocenters. The van der Waals surface area contributed by atoms with Crippen LogP contribution in [0.5, 0.6) is 0 Å². The number of hydrogen-bond acceptors (Lipinski definition) is 6. The number of benzene rings is 1. The van der Waals surface area contributed by atoms with Crippen molar-refractivity contribution in [2.24, 2.45) is 5.92 Å². The number of amides is 2. The summed E-state index contributed by atoms with van der Waals surface area (Å²) in [6.07, 6.45) is -4.75. The second kappa shape index (κ2) is 11.6. The van der Waals surface area contributed by atoms with Gasteiger partial charge in [-0.3, -0.25) is 0 Å². The average molecular weight is 522 g/mol. The van der Waals surface area contributed by atoms with Gasteiger partial charge in [0.05, 0.1) is 19.8 Å². The molecule has 4 rings (SSSR count). The Kier molecular flexibility index (Phi) is 8.43. The Balaban J connectivity index is 1.55. The molecule has 0 spiro atoms. The first kappa shape index (κ1) is 27.0. The monoisotopic (exact) mass is 521 g/mol. The van der Waals surface area contributed by atoms with Crippen LogP contribution in [-0.2, 0) is 4.74 Å². The maximum Gasteiger partial charge on any atom is 0.389 e. The Morgan fingerprint density at radius 1 is 1.22 bits per heavy atom. The third-order valence-corrected chi connectivity index (χ3v) is 6.71. The van der Waals surface area contributed by atoms with Crippen molar-refractivity contribution in [1.82, 2.24) is 9.88 Å². The zero-order chi connectivity index (χ0) is 26.6. The van der Waals surface area contributed by atoms with Crippen LogP contribution in [0, 0.1) is 12.8 Å². The predicted octanol–water partition coefficient (Wildman–Crippen LogP) is 4.49. The number of aliphatic hydroxyl groups excluding tert-OH is 1. The van der Waals surface area contributed by atoms with Crippen molar-refractivity contribution in [3.63, 3.8) is 0 Å². The van der Waals surface area contributed by atoms with Gasteiger partial charge in [0.25, 0.3) is 0 Å². The van der Waals surface area contributed by atoms with Gasteiger partial charge in [-0.15, -0.1) is 0 Å². The van der Waals surface area contributed by atoms with Gasteiger partial charge in [0.1, 0.15) is 11.6 Å². The lowest BCUT2D eigenvalue weighted by Gasteiger charge is -2.29. The number of likely N-dealkylation sites (tertiary alicyclic amines) is 1. The number of alkyl halides is 3. The molecule has 2 fully saturated rings. The molecule has 2 aliphatic rings. The topological polar surface area (TPSA) is 90.0 Å². The van der Waals surface area contributed by atoms with Crippen LogP contribution in [0.1, 0.15) is 25.3 Å². The predicted molar refractivity (Wildman–Crippen MR) is 137 cm³/mol. The lowest BCUT2D eigenvalue weighted by molar-refractivity contribution is -0.143. The molecular weight excluding hydrogens is 487 g/mol. The van der Waals surface area contributed by atoms with E-state index in [-0.39, 0.29) is 19.2 Å². The van der Waals surface area contributed by atoms with Crippen LogP contribution in [0.2, 0.25) is 0 Å². The number of aliphatic hydroxyl groups is 1. The van der Waals surface area contributed by atoms with Gasteiger partial charge in [-0.2, -0.15) is 13.2 Å². The number of pyridine rings is 1. The highest BCUT2D eigenvalue weighted by atomic mass is 19.4. The number of carbonyl (C=O) groups excluding carboxylic acids is 1. The van der Waals surface area contributed by atoms with E-state index in [0.717, 1.165) is 22.5 Å². The van der Waals surface area contributed by atoms with Crippen LogP contribution >= 0.6 is 0 Å². The number of anilines is 3. The molecule has 3 heterocycles. The minimum atomic E-state index is -4.23. The summed E-state index contributed by atoms with van der Waals surface area (Å²) in [5, 5.41) is 15.6. The second-order valence-corrected chi connectivity index (χ2v) is 9.81. The van der Waals surface area contributed by atoms with Crippen molar-refractivity contribution < 1.29 is 27.8 Å². The second-order valence-electron chi connectivity index (χ2n) is 9.81. The van der Waals surface area contributed by atoms with E-state index in [4.69, 9.17) is 9.72 Å². The Hall–Kier alpha value is -3.05. The molecule has 1 aromatic heterocycles. The number of aryl methyl sites for hydroxylation is 1. The van der Waals surface area contributed by atoms with E-state index in [1.165, 1.54) is 4.90 Å². The molecule has 2 aliphatic heterocycles. The maximum absolute atomic E-state index is 12.8. The van der Waals surface area contributed by atoms with Crippen LogP contribution in [0.4, 0.5) is 35.3 Å². The zero-order valence-corrected chi connectivity index (χ0v) is 21.1. The van der Waals surface area contributed by atoms with E-state index in [1.807, 2.05) is 38.1 Å². The summed E-state index contributed by atoms with van der Waals surface area (Å²) in [5.41, 5.74) is 3.34. The van der Waals surface area contributed by atoms with Crippen molar-refractivity contribution in [3.8, 4) is 11.1 Å². The molecule has 202 valence electrons. The Bertz CT molecular complexity index is 1090. The smallest absolute Gasteiger partial charge is 0.389 e. The molecule has 8 nitrogen and oxygen atoms in total. The van der Waals surface area contributed by atoms with E-state index in [1.54, 1.807) is 6.07 Å². The number of nitrogens with one attached hydrogen (secondary N) is 2. The molecule has 0 aliphatic carbocycles. The molecule has 0 saturated carbocycles. The highest BCUT2D eigenvalue weighted by Crippen LogP contribution is 2.33. The lowest BCUT2D eigenvalue weighted by atomic mass is 10.00. The van der Waals surface area contributed by atoms with Crippen molar-refractivity contribution >= 4 is 23.4 Å². The third kappa shape index (κ3) is 7.26. The summed E-state index contributed by atoms with van der Waals surface area (Å²) in [6.45, 7) is 6.84. The van der Waals surface area contributed by atoms with Gasteiger partial charge in [-0.1, -0.05) is 6.07 Å². The number of aromatic nitrogens is 1. The fraction of sp³-hybridized carbons (Fsp3) is 0.538. The average Bonchev–Trinajstić information content (AvgIpc) is 3.32. The van der Waals surface area contributed by atoms with Gasteiger partial charge in [0.15, 0.2) is 0 Å². The van der Waals surface area contributed by atoms with Crippen molar-refractivity contribution in [2.75, 3.05) is 61.5 Å². The summed E-state index contributed by atoms with van der Waals surface area (Å²) < 4.78 is 43.7. The summed E-state index contributed by atoms with van der Waals surface area (Å²) in [6, 6.07) is 8.88. The van der Waals surface area contributed by atoms with Crippen LogP contribution in [0.15, 0.2) is 30.3 Å². The molecular formula is C26H34F3N5O3. The molecule has 11 heteroatoms. The fourth-order valence-corrected chi connectivity index (χ4v) is 4.72. The van der Waals surface area contributed by atoms with Crippen molar-refractivity contribution in [1.29, 1.82) is 0 Å². The largest absolute Gasteiger partial charge is 0.394 e. The van der Waals surface area contributed by atoms with E-state index < -0.39 is 24.5 Å². The van der Waals surface area contributed by atoms with Crippen LogP contribution in [-0.4, -0.2) is 79.2 Å². The normalized spacial score (nSPS) is 19.1. The van der Waals surface area contributed by atoms with Gasteiger partial charge in [0.2, 0.25) is 0 Å². The summed E-state index contributed by atoms with van der Waals surface area (Å²) in [4.78, 5) is 21.1. The van der Waals surface area contributed by atoms with Crippen LogP contribution < -0.4 is 15.5 Å². The minimum Gasteiger partial charge on any atom is -0.394 e. The molecule has 1 aromatic carbocycles. The number of nitrogens with zero attached hydrogens (tertiary/aromatic N) is 3. The molecule has 0 bridgehead atoms. The Morgan fingerprint density at radius 3 is 2.68 bits per heavy atom. The lowest BCUT2D eigenvalue weighted by Crippen LogP contribution is -2.37. The van der Waals surface area contributed by atoms with E-state index >= 15 is 0 Å². The quantitative estimate of drug-likeness (QED) is 0.498. The molecule has 3 N–H and O–H groups in total. The summed E-state index contributed by atoms with van der Waals surface area (Å²) in [7, 11) is 0. The van der Waals surface area contributed by atoms with Crippen molar-refractivity contribution in [2.45, 2.75) is 38.9 Å². The number of ether oxygens (including phenoxy) is 1. The van der Waals surface area contributed by atoms with E-state index in [9.17, 15) is 23.1 Å². The van der Waals surface area contributed by atoms with Crippen LogP contribution in [0.3, 0.4) is 0 Å². The SMILES string of the molecule is Cc1ccc(NC(=O)N2CCC(CC(F)(F)F)C2)cc1-c1cc(N[C@H](C)CO)nc(N2CCOCC2)c1.